The Labute approximate surface area is 261 Å². The van der Waals surface area contributed by atoms with Gasteiger partial charge in [0, 0.05) is 35.3 Å². The number of rotatable bonds is 10. The first-order valence-electron chi connectivity index (χ1n) is 14.8. The molecule has 6 rings (SSSR count). The van der Waals surface area contributed by atoms with Crippen LogP contribution >= 0.6 is 11.6 Å². The Balaban J connectivity index is 1.24. The molecule has 1 aromatic heterocycles. The van der Waals surface area contributed by atoms with Gasteiger partial charge in [-0.05, 0) is 72.1 Å². The number of nitrogens with zero attached hydrogens (tertiary/aromatic N) is 1. The van der Waals surface area contributed by atoms with Crippen molar-refractivity contribution >= 4 is 17.6 Å². The van der Waals surface area contributed by atoms with Crippen LogP contribution in [0, 0.1) is 0 Å². The molecule has 5 N–H and O–H groups in total. The number of aromatic nitrogens is 1. The van der Waals surface area contributed by atoms with Crippen LogP contribution in [0.5, 0.6) is 11.8 Å². The topological polar surface area (TPSA) is 127 Å². The van der Waals surface area contributed by atoms with Gasteiger partial charge in [0.1, 0.15) is 11.6 Å². The largest absolute Gasteiger partial charge is 0.481 e. The van der Waals surface area contributed by atoms with Gasteiger partial charge in [-0.3, -0.25) is 10.1 Å². The number of aliphatic hydroxyl groups excluding tert-OH is 1. The zero-order valence-corrected chi connectivity index (χ0v) is 25.5. The first kappa shape index (κ1) is 30.1. The monoisotopic (exact) mass is 613 g/mol. The maximum atomic E-state index is 11.5. The Morgan fingerprint density at radius 3 is 2.59 bits per heavy atom. The number of carboxylic acid groups (broad SMARTS) is 1. The number of ether oxygens (including phenoxy) is 2. The Hall–Kier alpha value is -3.95. The number of nitrogens with one attached hydrogen (secondary N) is 1. The van der Waals surface area contributed by atoms with Gasteiger partial charge in [-0.2, -0.15) is 4.98 Å². The van der Waals surface area contributed by atoms with Crippen molar-refractivity contribution in [3.05, 3.63) is 99.6 Å². The number of carbonyl (C=O) groups is 1. The maximum absolute atomic E-state index is 11.5. The second kappa shape index (κ2) is 12.2. The molecule has 8 nitrogen and oxygen atoms in total. The van der Waals surface area contributed by atoms with Crippen molar-refractivity contribution in [2.45, 2.75) is 56.8 Å². The molecule has 0 radical (unpaired) electrons. The van der Waals surface area contributed by atoms with Crippen LogP contribution < -0.4 is 20.5 Å². The van der Waals surface area contributed by atoms with E-state index >= 15 is 0 Å². The molecule has 4 aromatic rings. The van der Waals surface area contributed by atoms with Crippen molar-refractivity contribution in [1.29, 1.82) is 0 Å². The summed E-state index contributed by atoms with van der Waals surface area (Å²) < 4.78 is 11.9. The lowest BCUT2D eigenvalue weighted by Crippen LogP contribution is -2.52. The van der Waals surface area contributed by atoms with E-state index in [9.17, 15) is 15.0 Å². The predicted molar refractivity (Wildman–Crippen MR) is 170 cm³/mol. The zero-order valence-electron chi connectivity index (χ0n) is 24.8. The van der Waals surface area contributed by atoms with Crippen LogP contribution in [0.2, 0.25) is 5.02 Å². The molecule has 228 valence electrons. The number of methoxy groups -OCH3 is 1. The summed E-state index contributed by atoms with van der Waals surface area (Å²) in [5, 5.41) is 22.6. The van der Waals surface area contributed by atoms with Crippen LogP contribution in [0.15, 0.2) is 66.7 Å². The van der Waals surface area contributed by atoms with Crippen molar-refractivity contribution in [2.75, 3.05) is 13.7 Å². The number of halogens is 1. The number of hydrogen-bond acceptors (Lipinski definition) is 7. The molecule has 0 amide bonds. The molecule has 0 saturated heterocycles. The molecule has 1 heterocycles. The second-order valence-electron chi connectivity index (χ2n) is 11.8. The normalized spacial score (nSPS) is 18.4. The Morgan fingerprint density at radius 1 is 1.07 bits per heavy atom. The molecule has 2 aliphatic carbocycles. The van der Waals surface area contributed by atoms with Crippen molar-refractivity contribution in [3.8, 4) is 34.0 Å². The minimum Gasteiger partial charge on any atom is -0.481 e. The average molecular weight is 614 g/mol. The molecule has 0 spiro atoms. The summed E-state index contributed by atoms with van der Waals surface area (Å²) in [7, 11) is 1.50. The number of pyridine rings is 1. The maximum Gasteiger partial charge on any atom is 0.326 e. The zero-order chi connectivity index (χ0) is 31.0. The second-order valence-corrected chi connectivity index (χ2v) is 12.2. The third-order valence-electron chi connectivity index (χ3n) is 8.81. The standard InChI is InChI=1S/C35H36ClN3O5/c1-35(19-40,34(41)42)38-18-22-11-14-31(39-33(22)43-2)44-30-13-12-27-26(6-4-7-28(27)30)29-8-3-5-25(32(29)36)21-10-9-20-16-24(37)17-23(20)15-21/h3-11,14-15,24,30,38,40H,12-13,16-19,37H2,1-2H3,(H,41,42)/t24-,30-,35-/m0/s1. The van der Waals surface area contributed by atoms with Crippen molar-refractivity contribution in [3.63, 3.8) is 0 Å². The summed E-state index contributed by atoms with van der Waals surface area (Å²) in [5.74, 6) is -0.411. The van der Waals surface area contributed by atoms with Gasteiger partial charge in [-0.25, -0.2) is 0 Å². The fraction of sp³-hybridized carbons (Fsp3) is 0.314. The van der Waals surface area contributed by atoms with E-state index < -0.39 is 18.1 Å². The SMILES string of the molecule is COc1nc(O[C@H]2CCc3c(-c4cccc(-c5ccc6c(c5)C[C@@H](N)C6)c4Cl)cccc32)ccc1CN[C@@](C)(CO)C(=O)O. The molecule has 0 bridgehead atoms. The Bertz CT molecular complexity index is 1730. The molecule has 2 aliphatic rings. The minimum absolute atomic E-state index is 0.147. The molecule has 0 unspecified atom stereocenters. The Morgan fingerprint density at radius 2 is 1.82 bits per heavy atom. The van der Waals surface area contributed by atoms with Crippen molar-refractivity contribution in [1.82, 2.24) is 10.3 Å². The molecule has 0 fully saturated rings. The molecular weight excluding hydrogens is 578 g/mol. The van der Waals surface area contributed by atoms with Crippen LogP contribution in [0.4, 0.5) is 0 Å². The van der Waals surface area contributed by atoms with E-state index in [0.29, 0.717) is 17.3 Å². The number of hydrogen-bond donors (Lipinski definition) is 4. The molecule has 44 heavy (non-hydrogen) atoms. The third kappa shape index (κ3) is 5.66. The van der Waals surface area contributed by atoms with E-state index in [-0.39, 0.29) is 18.7 Å². The highest BCUT2D eigenvalue weighted by Gasteiger charge is 2.32. The first-order valence-corrected chi connectivity index (χ1v) is 15.2. The summed E-state index contributed by atoms with van der Waals surface area (Å²) >= 11 is 7.12. The van der Waals surface area contributed by atoms with Gasteiger partial charge < -0.3 is 25.4 Å². The lowest BCUT2D eigenvalue weighted by Gasteiger charge is -2.24. The summed E-state index contributed by atoms with van der Waals surface area (Å²) in [6, 6.07) is 22.7. The lowest BCUT2D eigenvalue weighted by molar-refractivity contribution is -0.145. The van der Waals surface area contributed by atoms with E-state index in [1.807, 2.05) is 6.07 Å². The number of aliphatic carboxylic acids is 1. The van der Waals surface area contributed by atoms with Crippen LogP contribution in [0.3, 0.4) is 0 Å². The van der Waals surface area contributed by atoms with Gasteiger partial charge >= 0.3 is 5.97 Å². The summed E-state index contributed by atoms with van der Waals surface area (Å²) in [4.78, 5) is 16.1. The molecule has 3 atom stereocenters. The summed E-state index contributed by atoms with van der Waals surface area (Å²) in [6.07, 6.45) is 3.24. The highest BCUT2D eigenvalue weighted by Crippen LogP contribution is 2.44. The minimum atomic E-state index is -1.48. The van der Waals surface area contributed by atoms with Crippen LogP contribution in [0.25, 0.3) is 22.3 Å². The quantitative estimate of drug-likeness (QED) is 0.185. The smallest absolute Gasteiger partial charge is 0.326 e. The molecule has 0 aliphatic heterocycles. The van der Waals surface area contributed by atoms with Crippen molar-refractivity contribution in [2.24, 2.45) is 5.73 Å². The van der Waals surface area contributed by atoms with E-state index in [4.69, 9.17) is 26.8 Å². The van der Waals surface area contributed by atoms with Crippen molar-refractivity contribution < 1.29 is 24.5 Å². The predicted octanol–water partition coefficient (Wildman–Crippen LogP) is 5.50. The third-order valence-corrected chi connectivity index (χ3v) is 9.22. The molecule has 3 aromatic carbocycles. The van der Waals surface area contributed by atoms with Gasteiger partial charge in [-0.15, -0.1) is 0 Å². The molecular formula is C35H36ClN3O5. The van der Waals surface area contributed by atoms with E-state index in [2.05, 4.69) is 58.8 Å². The van der Waals surface area contributed by atoms with E-state index in [1.54, 1.807) is 12.1 Å². The molecule has 0 saturated carbocycles. The van der Waals surface area contributed by atoms with Crippen LogP contribution in [0.1, 0.15) is 47.3 Å². The molecule has 9 heteroatoms. The highest BCUT2D eigenvalue weighted by atomic mass is 35.5. The number of benzene rings is 3. The van der Waals surface area contributed by atoms with Crippen LogP contribution in [-0.2, 0) is 30.6 Å². The number of nitrogens with two attached hydrogens (primary N) is 1. The highest BCUT2D eigenvalue weighted by molar-refractivity contribution is 6.36. The van der Waals surface area contributed by atoms with Crippen LogP contribution in [-0.4, -0.2) is 46.5 Å². The lowest BCUT2D eigenvalue weighted by atomic mass is 9.93. The van der Waals surface area contributed by atoms with Gasteiger partial charge in [-0.1, -0.05) is 66.2 Å². The number of carboxylic acids is 1. The fourth-order valence-electron chi connectivity index (χ4n) is 6.24. The Kier molecular flexibility index (Phi) is 8.35. The fourth-order valence-corrected chi connectivity index (χ4v) is 6.58. The summed E-state index contributed by atoms with van der Waals surface area (Å²) in [6.45, 7) is 1.01. The van der Waals surface area contributed by atoms with Gasteiger partial charge in [0.2, 0.25) is 11.8 Å². The van der Waals surface area contributed by atoms with Gasteiger partial charge in [0.25, 0.3) is 0 Å². The van der Waals surface area contributed by atoms with E-state index in [0.717, 1.165) is 58.5 Å². The first-order chi connectivity index (χ1) is 21.2. The summed E-state index contributed by atoms with van der Waals surface area (Å²) in [5.41, 5.74) is 14.5. The average Bonchev–Trinajstić information content (AvgIpc) is 3.62. The number of fused-ring (bicyclic) bond motifs is 2. The van der Waals surface area contributed by atoms with E-state index in [1.165, 1.54) is 30.7 Å². The van der Waals surface area contributed by atoms with Gasteiger partial charge in [0.05, 0.1) is 18.7 Å². The van der Waals surface area contributed by atoms with Gasteiger partial charge in [0.15, 0.2) is 0 Å². The number of aliphatic hydroxyl groups is 1.